The van der Waals surface area contributed by atoms with E-state index in [0.717, 1.165) is 6.07 Å². The van der Waals surface area contributed by atoms with Crippen LogP contribution in [-0.4, -0.2) is 5.76 Å². The lowest BCUT2D eigenvalue weighted by molar-refractivity contribution is 0.252. The Bertz CT molecular complexity index is 581. The maximum atomic E-state index is 13.2. The van der Waals surface area contributed by atoms with Crippen LogP contribution in [0.4, 0.5) is 23.2 Å². The van der Waals surface area contributed by atoms with Crippen LogP contribution in [0.15, 0.2) is 47.4 Å². The van der Waals surface area contributed by atoms with Gasteiger partial charge in [-0.3, -0.25) is 0 Å². The molecule has 0 aliphatic heterocycles. The maximum absolute atomic E-state index is 13.2. The highest BCUT2D eigenvalue weighted by atomic mass is 32.2. The van der Waals surface area contributed by atoms with Crippen LogP contribution in [0.2, 0.25) is 0 Å². The summed E-state index contributed by atoms with van der Waals surface area (Å²) in [5, 5.41) is 3.06. The van der Waals surface area contributed by atoms with Crippen molar-refractivity contribution in [3.8, 4) is 0 Å². The molecule has 2 rings (SSSR count). The van der Waals surface area contributed by atoms with Gasteiger partial charge in [0.1, 0.15) is 11.6 Å². The molecule has 0 radical (unpaired) electrons. The molecule has 0 heterocycles. The van der Waals surface area contributed by atoms with Crippen LogP contribution in [-0.2, 0) is 0 Å². The van der Waals surface area contributed by atoms with Gasteiger partial charge in [-0.25, -0.2) is 8.78 Å². The molecule has 2 aromatic carbocycles. The smallest absolute Gasteiger partial charge is 0.288 e. The lowest BCUT2D eigenvalue weighted by atomic mass is 10.1. The standard InChI is InChI=1S/C15H13F4NS/c1-9(10-6-11(16)8-12(17)7-10)20-13-2-4-14(5-3-13)21-15(18)19/h2-9,15,20H,1H3. The SMILES string of the molecule is CC(Nc1ccc(SC(F)F)cc1)c1cc(F)cc(F)c1. The van der Waals surface area contributed by atoms with Crippen molar-refractivity contribution in [3.05, 3.63) is 59.7 Å². The maximum Gasteiger partial charge on any atom is 0.288 e. The van der Waals surface area contributed by atoms with Gasteiger partial charge in [-0.1, -0.05) is 11.8 Å². The molecule has 0 aliphatic carbocycles. The summed E-state index contributed by atoms with van der Waals surface area (Å²) in [7, 11) is 0. The first-order valence-electron chi connectivity index (χ1n) is 6.21. The van der Waals surface area contributed by atoms with Crippen molar-refractivity contribution in [2.24, 2.45) is 0 Å². The predicted octanol–water partition coefficient (Wildman–Crippen LogP) is 5.45. The number of anilines is 1. The molecule has 0 saturated carbocycles. The summed E-state index contributed by atoms with van der Waals surface area (Å²) in [6, 6.07) is 9.43. The van der Waals surface area contributed by atoms with E-state index in [4.69, 9.17) is 0 Å². The molecular formula is C15H13F4NS. The van der Waals surface area contributed by atoms with Crippen molar-refractivity contribution in [3.63, 3.8) is 0 Å². The first-order chi connectivity index (χ1) is 9.94. The molecule has 1 atom stereocenters. The normalized spacial score (nSPS) is 12.5. The minimum Gasteiger partial charge on any atom is -0.379 e. The van der Waals surface area contributed by atoms with E-state index in [0.29, 0.717) is 27.9 Å². The van der Waals surface area contributed by atoms with E-state index in [1.54, 1.807) is 31.2 Å². The van der Waals surface area contributed by atoms with Crippen molar-refractivity contribution in [1.29, 1.82) is 0 Å². The topological polar surface area (TPSA) is 12.0 Å². The molecule has 21 heavy (non-hydrogen) atoms. The number of halogens is 4. The summed E-state index contributed by atoms with van der Waals surface area (Å²) >= 11 is 0.466. The molecule has 112 valence electrons. The van der Waals surface area contributed by atoms with Gasteiger partial charge in [-0.15, -0.1) is 0 Å². The van der Waals surface area contributed by atoms with E-state index < -0.39 is 17.4 Å². The summed E-state index contributed by atoms with van der Waals surface area (Å²) in [6.45, 7) is 1.76. The second-order valence-electron chi connectivity index (χ2n) is 4.47. The Hall–Kier alpha value is -1.69. The minimum absolute atomic E-state index is 0.316. The molecule has 0 aromatic heterocycles. The number of rotatable bonds is 5. The van der Waals surface area contributed by atoms with Crippen molar-refractivity contribution >= 4 is 17.4 Å². The predicted molar refractivity (Wildman–Crippen MR) is 76.7 cm³/mol. The molecular weight excluding hydrogens is 302 g/mol. The van der Waals surface area contributed by atoms with Crippen LogP contribution in [0.5, 0.6) is 0 Å². The Morgan fingerprint density at radius 1 is 0.952 bits per heavy atom. The molecule has 0 saturated heterocycles. The molecule has 0 bridgehead atoms. The molecule has 0 fully saturated rings. The van der Waals surface area contributed by atoms with Gasteiger partial charge in [-0.2, -0.15) is 8.78 Å². The van der Waals surface area contributed by atoms with E-state index in [-0.39, 0.29) is 6.04 Å². The molecule has 0 amide bonds. The highest BCUT2D eigenvalue weighted by Crippen LogP contribution is 2.27. The first-order valence-corrected chi connectivity index (χ1v) is 7.09. The van der Waals surface area contributed by atoms with Gasteiger partial charge in [0.2, 0.25) is 0 Å². The van der Waals surface area contributed by atoms with E-state index in [1.165, 1.54) is 12.1 Å². The lowest BCUT2D eigenvalue weighted by Gasteiger charge is -2.16. The Morgan fingerprint density at radius 3 is 2.05 bits per heavy atom. The molecule has 0 spiro atoms. The van der Waals surface area contributed by atoms with E-state index >= 15 is 0 Å². The van der Waals surface area contributed by atoms with Gasteiger partial charge in [0.15, 0.2) is 0 Å². The summed E-state index contributed by atoms with van der Waals surface area (Å²) in [6.07, 6.45) is 0. The second-order valence-corrected chi connectivity index (χ2v) is 5.54. The Kier molecular flexibility index (Phi) is 5.12. The number of hydrogen-bond acceptors (Lipinski definition) is 2. The summed E-state index contributed by atoms with van der Waals surface area (Å²) in [5.74, 6) is -3.73. The van der Waals surface area contributed by atoms with Gasteiger partial charge in [-0.05, 0) is 48.9 Å². The van der Waals surface area contributed by atoms with Gasteiger partial charge in [0.05, 0.1) is 0 Å². The van der Waals surface area contributed by atoms with Crippen LogP contribution in [0.3, 0.4) is 0 Å². The van der Waals surface area contributed by atoms with Crippen LogP contribution in [0, 0.1) is 11.6 Å². The average molecular weight is 315 g/mol. The number of thioether (sulfide) groups is 1. The van der Waals surface area contributed by atoms with Crippen LogP contribution >= 0.6 is 11.8 Å². The van der Waals surface area contributed by atoms with Gasteiger partial charge in [0.25, 0.3) is 5.76 Å². The Labute approximate surface area is 124 Å². The van der Waals surface area contributed by atoms with E-state index in [1.807, 2.05) is 0 Å². The highest BCUT2D eigenvalue weighted by molar-refractivity contribution is 7.99. The van der Waals surface area contributed by atoms with Crippen LogP contribution in [0.25, 0.3) is 0 Å². The fourth-order valence-corrected chi connectivity index (χ4v) is 2.39. The first kappa shape index (κ1) is 15.7. The second kappa shape index (κ2) is 6.85. The molecule has 2 aromatic rings. The molecule has 1 unspecified atom stereocenters. The third-order valence-electron chi connectivity index (χ3n) is 2.85. The van der Waals surface area contributed by atoms with Gasteiger partial charge >= 0.3 is 0 Å². The number of alkyl halides is 2. The summed E-state index contributed by atoms with van der Waals surface area (Å²) in [5.41, 5.74) is 1.16. The zero-order chi connectivity index (χ0) is 15.4. The van der Waals surface area contributed by atoms with Gasteiger partial charge in [0, 0.05) is 22.7 Å². The van der Waals surface area contributed by atoms with Crippen molar-refractivity contribution in [2.75, 3.05) is 5.32 Å². The lowest BCUT2D eigenvalue weighted by Crippen LogP contribution is -2.07. The monoisotopic (exact) mass is 315 g/mol. The number of benzene rings is 2. The quantitative estimate of drug-likeness (QED) is 0.581. The summed E-state index contributed by atoms with van der Waals surface area (Å²) in [4.78, 5) is 0.458. The van der Waals surface area contributed by atoms with Gasteiger partial charge < -0.3 is 5.32 Å². The fraction of sp³-hybridized carbons (Fsp3) is 0.200. The number of nitrogens with one attached hydrogen (secondary N) is 1. The average Bonchev–Trinajstić information content (AvgIpc) is 2.39. The molecule has 1 nitrogen and oxygen atoms in total. The molecule has 6 heteroatoms. The van der Waals surface area contributed by atoms with Crippen LogP contribution < -0.4 is 5.32 Å². The van der Waals surface area contributed by atoms with Crippen LogP contribution in [0.1, 0.15) is 18.5 Å². The summed E-state index contributed by atoms with van der Waals surface area (Å²) < 4.78 is 50.7. The number of hydrogen-bond donors (Lipinski definition) is 1. The molecule has 0 aliphatic rings. The highest BCUT2D eigenvalue weighted by Gasteiger charge is 2.09. The van der Waals surface area contributed by atoms with Crippen molar-refractivity contribution in [1.82, 2.24) is 0 Å². The third-order valence-corrected chi connectivity index (χ3v) is 3.57. The zero-order valence-corrected chi connectivity index (χ0v) is 11.9. The van der Waals surface area contributed by atoms with Crippen molar-refractivity contribution < 1.29 is 17.6 Å². The third kappa shape index (κ3) is 4.67. The fourth-order valence-electron chi connectivity index (χ4n) is 1.89. The Morgan fingerprint density at radius 2 is 1.52 bits per heavy atom. The van der Waals surface area contributed by atoms with E-state index in [2.05, 4.69) is 5.32 Å². The Balaban J connectivity index is 2.06. The zero-order valence-electron chi connectivity index (χ0n) is 11.1. The minimum atomic E-state index is -2.46. The molecule has 1 N–H and O–H groups in total. The van der Waals surface area contributed by atoms with Crippen molar-refractivity contribution in [2.45, 2.75) is 23.6 Å². The largest absolute Gasteiger partial charge is 0.379 e. The van der Waals surface area contributed by atoms with E-state index in [9.17, 15) is 17.6 Å².